The highest BCUT2D eigenvalue weighted by Gasteiger charge is 2.04. The highest BCUT2D eigenvalue weighted by atomic mass is 16.3. The van der Waals surface area contributed by atoms with E-state index < -0.39 is 0 Å². The molecule has 102 valence electrons. The Labute approximate surface area is 110 Å². The van der Waals surface area contributed by atoms with Crippen molar-refractivity contribution in [2.45, 2.75) is 19.3 Å². The van der Waals surface area contributed by atoms with Crippen molar-refractivity contribution < 1.29 is 5.11 Å². The molecule has 1 rings (SSSR count). The Hall–Kier alpha value is -1.10. The van der Waals surface area contributed by atoms with Gasteiger partial charge in [-0.3, -0.25) is 0 Å². The molecule has 4 nitrogen and oxygen atoms in total. The van der Waals surface area contributed by atoms with Crippen molar-refractivity contribution in [1.82, 2.24) is 4.90 Å². The number of benzene rings is 1. The third kappa shape index (κ3) is 6.00. The molecule has 0 amide bonds. The Morgan fingerprint density at radius 2 is 1.44 bits per heavy atom. The molecule has 0 heterocycles. The Morgan fingerprint density at radius 3 is 1.94 bits per heavy atom. The lowest BCUT2D eigenvalue weighted by atomic mass is 10.1. The quantitative estimate of drug-likeness (QED) is 0.610. The van der Waals surface area contributed by atoms with Crippen LogP contribution in [-0.4, -0.2) is 42.7 Å². The minimum absolute atomic E-state index is 0.321. The highest BCUT2D eigenvalue weighted by Crippen LogP contribution is 2.10. The lowest BCUT2D eigenvalue weighted by Gasteiger charge is -2.21. The third-order valence-corrected chi connectivity index (χ3v) is 3.01. The summed E-state index contributed by atoms with van der Waals surface area (Å²) in [7, 11) is 0. The normalized spacial score (nSPS) is 11.1. The van der Waals surface area contributed by atoms with Gasteiger partial charge in [-0.25, -0.2) is 0 Å². The van der Waals surface area contributed by atoms with Gasteiger partial charge < -0.3 is 21.5 Å². The van der Waals surface area contributed by atoms with E-state index in [4.69, 9.17) is 11.5 Å². The minimum atomic E-state index is 0.321. The minimum Gasteiger partial charge on any atom is -0.508 e. The lowest BCUT2D eigenvalue weighted by molar-refractivity contribution is 0.273. The number of rotatable bonds is 9. The Morgan fingerprint density at radius 1 is 0.889 bits per heavy atom. The fourth-order valence-corrected chi connectivity index (χ4v) is 1.92. The van der Waals surface area contributed by atoms with E-state index in [1.807, 2.05) is 12.1 Å². The number of phenols is 1. The summed E-state index contributed by atoms with van der Waals surface area (Å²) in [6, 6.07) is 7.41. The molecular formula is C14H25N3O. The fourth-order valence-electron chi connectivity index (χ4n) is 1.92. The lowest BCUT2D eigenvalue weighted by Crippen LogP contribution is -2.30. The molecule has 0 saturated heterocycles. The molecule has 0 saturated carbocycles. The number of nitrogens with zero attached hydrogens (tertiary/aromatic N) is 1. The highest BCUT2D eigenvalue weighted by molar-refractivity contribution is 5.25. The van der Waals surface area contributed by atoms with Crippen LogP contribution in [0.3, 0.4) is 0 Å². The molecule has 1 aromatic carbocycles. The van der Waals surface area contributed by atoms with Gasteiger partial charge >= 0.3 is 0 Å². The second kappa shape index (κ2) is 8.91. The van der Waals surface area contributed by atoms with Crippen molar-refractivity contribution in [1.29, 1.82) is 0 Å². The van der Waals surface area contributed by atoms with Crippen molar-refractivity contribution in [2.75, 3.05) is 32.7 Å². The van der Waals surface area contributed by atoms with Gasteiger partial charge in [0.05, 0.1) is 0 Å². The van der Waals surface area contributed by atoms with Crippen LogP contribution in [0.5, 0.6) is 5.75 Å². The predicted molar refractivity (Wildman–Crippen MR) is 75.6 cm³/mol. The molecule has 0 aliphatic heterocycles. The summed E-state index contributed by atoms with van der Waals surface area (Å²) in [6.45, 7) is 4.56. The maximum atomic E-state index is 9.23. The first-order valence-electron chi connectivity index (χ1n) is 6.66. The average molecular weight is 251 g/mol. The summed E-state index contributed by atoms with van der Waals surface area (Å²) in [5.41, 5.74) is 12.3. The summed E-state index contributed by atoms with van der Waals surface area (Å²) < 4.78 is 0. The second-order valence-electron chi connectivity index (χ2n) is 4.54. The molecular weight excluding hydrogens is 226 g/mol. The molecule has 0 aliphatic carbocycles. The summed E-state index contributed by atoms with van der Waals surface area (Å²) in [5, 5.41) is 9.23. The van der Waals surface area contributed by atoms with Crippen LogP contribution in [0.1, 0.15) is 18.4 Å². The van der Waals surface area contributed by atoms with E-state index in [1.165, 1.54) is 5.56 Å². The zero-order chi connectivity index (χ0) is 13.2. The van der Waals surface area contributed by atoms with Gasteiger partial charge in [0.15, 0.2) is 0 Å². The van der Waals surface area contributed by atoms with Gasteiger partial charge in [-0.15, -0.1) is 0 Å². The molecule has 0 aliphatic rings. The zero-order valence-corrected chi connectivity index (χ0v) is 11.0. The molecule has 0 bridgehead atoms. The van der Waals surface area contributed by atoms with Crippen molar-refractivity contribution in [3.63, 3.8) is 0 Å². The van der Waals surface area contributed by atoms with Gasteiger partial charge in [0.1, 0.15) is 5.75 Å². The molecule has 4 heteroatoms. The van der Waals surface area contributed by atoms with Crippen molar-refractivity contribution in [2.24, 2.45) is 11.5 Å². The molecule has 0 fully saturated rings. The van der Waals surface area contributed by atoms with Crippen LogP contribution in [0.25, 0.3) is 0 Å². The number of aromatic hydroxyl groups is 1. The molecule has 0 spiro atoms. The van der Waals surface area contributed by atoms with Gasteiger partial charge in [0.2, 0.25) is 0 Å². The van der Waals surface area contributed by atoms with E-state index in [0.29, 0.717) is 5.75 Å². The van der Waals surface area contributed by atoms with E-state index >= 15 is 0 Å². The largest absolute Gasteiger partial charge is 0.508 e. The Kier molecular flexibility index (Phi) is 7.41. The van der Waals surface area contributed by atoms with E-state index in [-0.39, 0.29) is 0 Å². The predicted octanol–water partition coefficient (Wildman–Crippen LogP) is 0.934. The van der Waals surface area contributed by atoms with Crippen LogP contribution in [0, 0.1) is 0 Å². The summed E-state index contributed by atoms with van der Waals surface area (Å²) in [4.78, 5) is 2.41. The van der Waals surface area contributed by atoms with Crippen LogP contribution in [0.2, 0.25) is 0 Å². The first-order chi connectivity index (χ1) is 8.76. The first kappa shape index (κ1) is 15.0. The standard InChI is InChI=1S/C14H25N3O/c15-8-1-10-17(11-2-9-16)12-7-13-3-5-14(18)6-4-13/h3-6,18H,1-2,7-12,15-16H2. The number of hydrogen-bond donors (Lipinski definition) is 3. The van der Waals surface area contributed by atoms with Crippen LogP contribution >= 0.6 is 0 Å². The van der Waals surface area contributed by atoms with Crippen LogP contribution in [0.15, 0.2) is 24.3 Å². The Balaban J connectivity index is 2.37. The van der Waals surface area contributed by atoms with E-state index in [0.717, 1.165) is 52.0 Å². The van der Waals surface area contributed by atoms with Crippen molar-refractivity contribution >= 4 is 0 Å². The molecule has 5 N–H and O–H groups in total. The number of nitrogens with two attached hydrogens (primary N) is 2. The van der Waals surface area contributed by atoms with Crippen molar-refractivity contribution in [3.05, 3.63) is 29.8 Å². The SMILES string of the molecule is NCCCN(CCCN)CCc1ccc(O)cc1. The maximum Gasteiger partial charge on any atom is 0.115 e. The summed E-state index contributed by atoms with van der Waals surface area (Å²) in [5.74, 6) is 0.321. The molecule has 18 heavy (non-hydrogen) atoms. The van der Waals surface area contributed by atoms with Gasteiger partial charge in [-0.1, -0.05) is 12.1 Å². The monoisotopic (exact) mass is 251 g/mol. The summed E-state index contributed by atoms with van der Waals surface area (Å²) >= 11 is 0. The smallest absolute Gasteiger partial charge is 0.115 e. The summed E-state index contributed by atoms with van der Waals surface area (Å²) in [6.07, 6.45) is 3.05. The van der Waals surface area contributed by atoms with Crippen LogP contribution < -0.4 is 11.5 Å². The Bertz CT molecular complexity index is 305. The molecule has 0 radical (unpaired) electrons. The molecule has 0 aromatic heterocycles. The van der Waals surface area contributed by atoms with E-state index in [2.05, 4.69) is 4.90 Å². The third-order valence-electron chi connectivity index (χ3n) is 3.01. The van der Waals surface area contributed by atoms with E-state index in [9.17, 15) is 5.11 Å². The van der Waals surface area contributed by atoms with Crippen molar-refractivity contribution in [3.8, 4) is 5.75 Å². The number of phenolic OH excluding ortho intramolecular Hbond substituents is 1. The molecule has 0 unspecified atom stereocenters. The van der Waals surface area contributed by atoms with Crippen LogP contribution in [-0.2, 0) is 6.42 Å². The van der Waals surface area contributed by atoms with Gasteiger partial charge in [0, 0.05) is 6.54 Å². The molecule has 1 aromatic rings. The van der Waals surface area contributed by atoms with Gasteiger partial charge in [0.25, 0.3) is 0 Å². The fraction of sp³-hybridized carbons (Fsp3) is 0.571. The topological polar surface area (TPSA) is 75.5 Å². The van der Waals surface area contributed by atoms with E-state index in [1.54, 1.807) is 12.1 Å². The van der Waals surface area contributed by atoms with Gasteiger partial charge in [-0.2, -0.15) is 0 Å². The average Bonchev–Trinajstić information content (AvgIpc) is 2.40. The zero-order valence-electron chi connectivity index (χ0n) is 11.0. The second-order valence-corrected chi connectivity index (χ2v) is 4.54. The van der Waals surface area contributed by atoms with Crippen LogP contribution in [0.4, 0.5) is 0 Å². The molecule has 0 atom stereocenters. The van der Waals surface area contributed by atoms with Gasteiger partial charge in [-0.05, 0) is 63.1 Å². The first-order valence-corrected chi connectivity index (χ1v) is 6.66. The number of hydrogen-bond acceptors (Lipinski definition) is 4. The maximum absolute atomic E-state index is 9.23.